The molecule has 1 unspecified atom stereocenters. The molecule has 94 valence electrons. The quantitative estimate of drug-likeness (QED) is 0.802. The van der Waals surface area contributed by atoms with Crippen LogP contribution < -0.4 is 15.8 Å². The van der Waals surface area contributed by atoms with Gasteiger partial charge in [-0.25, -0.2) is 0 Å². The number of nitrogens with two attached hydrogens (primary N) is 1. The smallest absolute Gasteiger partial charge is 0.262 e. The molecule has 1 aromatic heterocycles. The van der Waals surface area contributed by atoms with Crippen molar-refractivity contribution in [3.05, 3.63) is 16.3 Å². The van der Waals surface area contributed by atoms with Gasteiger partial charge in [-0.1, -0.05) is 26.1 Å². The highest BCUT2D eigenvalue weighted by Gasteiger charge is 2.20. The molecule has 3 N–H and O–H groups in total. The number of thiocarbonyl (C=S) groups is 1. The van der Waals surface area contributed by atoms with Gasteiger partial charge in [0.15, 0.2) is 0 Å². The van der Waals surface area contributed by atoms with E-state index in [4.69, 9.17) is 22.7 Å². The molecule has 0 saturated heterocycles. The van der Waals surface area contributed by atoms with E-state index in [1.807, 2.05) is 13.8 Å². The Morgan fingerprint density at radius 1 is 1.59 bits per heavy atom. The number of rotatable bonds is 5. The highest BCUT2D eigenvalue weighted by atomic mass is 32.1. The molecule has 0 saturated carbocycles. The molecule has 0 aliphatic heterocycles. The summed E-state index contributed by atoms with van der Waals surface area (Å²) in [7, 11) is 1.57. The Labute approximate surface area is 110 Å². The summed E-state index contributed by atoms with van der Waals surface area (Å²) in [6, 6.07) is 1.40. The minimum Gasteiger partial charge on any atom is -0.496 e. The number of hydrogen-bond donors (Lipinski definition) is 2. The topological polar surface area (TPSA) is 64.3 Å². The third-order valence-electron chi connectivity index (χ3n) is 2.29. The number of nitrogens with one attached hydrogen (secondary N) is 1. The average Bonchev–Trinajstić information content (AvgIpc) is 2.73. The number of methoxy groups -OCH3 is 1. The van der Waals surface area contributed by atoms with Crippen LogP contribution in [-0.2, 0) is 0 Å². The number of carbonyl (C=O) groups excluding carboxylic acids is 1. The molecule has 1 aromatic rings. The predicted octanol–water partition coefficient (Wildman–Crippen LogP) is 1.80. The Bertz CT molecular complexity index is 415. The van der Waals surface area contributed by atoms with Crippen molar-refractivity contribution in [1.82, 2.24) is 5.32 Å². The molecule has 17 heavy (non-hydrogen) atoms. The van der Waals surface area contributed by atoms with Crippen molar-refractivity contribution in [2.24, 2.45) is 11.7 Å². The average molecular weight is 272 g/mol. The van der Waals surface area contributed by atoms with Crippen LogP contribution in [-0.4, -0.2) is 24.0 Å². The first kappa shape index (κ1) is 13.9. The van der Waals surface area contributed by atoms with Gasteiger partial charge in [-0.3, -0.25) is 4.79 Å². The molecule has 1 amide bonds. The van der Waals surface area contributed by atoms with Crippen LogP contribution in [0.4, 0.5) is 0 Å². The lowest BCUT2D eigenvalue weighted by Crippen LogP contribution is -2.46. The van der Waals surface area contributed by atoms with Gasteiger partial charge < -0.3 is 15.8 Å². The molecule has 1 heterocycles. The van der Waals surface area contributed by atoms with Gasteiger partial charge in [0.1, 0.15) is 5.75 Å². The number of hydrogen-bond acceptors (Lipinski definition) is 4. The Morgan fingerprint density at radius 2 is 2.24 bits per heavy atom. The second kappa shape index (κ2) is 5.97. The molecule has 0 spiro atoms. The summed E-state index contributed by atoms with van der Waals surface area (Å²) >= 11 is 6.26. The van der Waals surface area contributed by atoms with Gasteiger partial charge in [-0.2, -0.15) is 0 Å². The third-order valence-corrected chi connectivity index (χ3v) is 3.46. The standard InChI is InChI=1S/C11H16N2O2S2/c1-6(2)9(10(12)16)13-11(14)8-4-7(15-3)5-17-8/h4-6,9H,1-3H3,(H2,12,16)(H,13,14). The summed E-state index contributed by atoms with van der Waals surface area (Å²) < 4.78 is 5.02. The Hall–Kier alpha value is -1.14. The van der Waals surface area contributed by atoms with Gasteiger partial charge in [0.05, 0.1) is 23.0 Å². The van der Waals surface area contributed by atoms with Gasteiger partial charge in [-0.05, 0) is 5.92 Å². The van der Waals surface area contributed by atoms with Crippen LogP contribution in [0.1, 0.15) is 23.5 Å². The summed E-state index contributed by atoms with van der Waals surface area (Å²) in [6.45, 7) is 3.91. The zero-order valence-electron chi connectivity index (χ0n) is 10.0. The second-order valence-electron chi connectivity index (χ2n) is 3.95. The maximum absolute atomic E-state index is 11.9. The molecule has 0 aliphatic carbocycles. The summed E-state index contributed by atoms with van der Waals surface area (Å²) in [5.74, 6) is 0.666. The fraction of sp³-hybridized carbons (Fsp3) is 0.455. The molecular weight excluding hydrogens is 256 g/mol. The molecule has 0 bridgehead atoms. The molecule has 6 heteroatoms. The van der Waals surface area contributed by atoms with Gasteiger partial charge in [0, 0.05) is 11.4 Å². The summed E-state index contributed by atoms with van der Waals surface area (Å²) in [5, 5.41) is 4.60. The highest BCUT2D eigenvalue weighted by Crippen LogP contribution is 2.21. The van der Waals surface area contributed by atoms with Crippen molar-refractivity contribution >= 4 is 34.5 Å². The van der Waals surface area contributed by atoms with E-state index in [2.05, 4.69) is 5.32 Å². The van der Waals surface area contributed by atoms with Gasteiger partial charge in [0.2, 0.25) is 0 Å². The number of amides is 1. The number of carbonyl (C=O) groups is 1. The van der Waals surface area contributed by atoms with E-state index in [-0.39, 0.29) is 17.9 Å². The van der Waals surface area contributed by atoms with Crippen molar-refractivity contribution in [3.63, 3.8) is 0 Å². The molecule has 1 atom stereocenters. The lowest BCUT2D eigenvalue weighted by molar-refractivity contribution is 0.0943. The highest BCUT2D eigenvalue weighted by molar-refractivity contribution is 7.80. The van der Waals surface area contributed by atoms with Crippen LogP contribution in [0.2, 0.25) is 0 Å². The predicted molar refractivity (Wildman–Crippen MR) is 73.7 cm³/mol. The second-order valence-corrected chi connectivity index (χ2v) is 5.33. The fourth-order valence-electron chi connectivity index (χ4n) is 1.32. The zero-order valence-corrected chi connectivity index (χ0v) is 11.7. The van der Waals surface area contributed by atoms with Crippen LogP contribution in [0.25, 0.3) is 0 Å². The first-order valence-corrected chi connectivity index (χ1v) is 6.47. The number of thiophene rings is 1. The van der Waals surface area contributed by atoms with Crippen molar-refractivity contribution in [3.8, 4) is 5.75 Å². The van der Waals surface area contributed by atoms with Crippen LogP contribution in [0.3, 0.4) is 0 Å². The molecule has 0 radical (unpaired) electrons. The largest absolute Gasteiger partial charge is 0.496 e. The molecular formula is C11H16N2O2S2. The van der Waals surface area contributed by atoms with Crippen LogP contribution in [0.15, 0.2) is 11.4 Å². The monoisotopic (exact) mass is 272 g/mol. The summed E-state index contributed by atoms with van der Waals surface area (Å²) in [5.41, 5.74) is 5.59. The summed E-state index contributed by atoms with van der Waals surface area (Å²) in [4.78, 5) is 12.8. The molecule has 4 nitrogen and oxygen atoms in total. The zero-order chi connectivity index (χ0) is 13.0. The Morgan fingerprint density at radius 3 is 2.65 bits per heavy atom. The lowest BCUT2D eigenvalue weighted by atomic mass is 10.0. The van der Waals surface area contributed by atoms with Crippen molar-refractivity contribution < 1.29 is 9.53 Å². The maximum Gasteiger partial charge on any atom is 0.262 e. The van der Waals surface area contributed by atoms with Crippen LogP contribution in [0.5, 0.6) is 5.75 Å². The summed E-state index contributed by atoms with van der Waals surface area (Å²) in [6.07, 6.45) is 0. The Balaban J connectivity index is 2.73. The first-order valence-electron chi connectivity index (χ1n) is 5.18. The lowest BCUT2D eigenvalue weighted by Gasteiger charge is -2.20. The van der Waals surface area contributed by atoms with Crippen molar-refractivity contribution in [2.75, 3.05) is 7.11 Å². The van der Waals surface area contributed by atoms with E-state index in [9.17, 15) is 4.79 Å². The van der Waals surface area contributed by atoms with Crippen LogP contribution in [0, 0.1) is 5.92 Å². The van der Waals surface area contributed by atoms with Gasteiger partial charge in [0.25, 0.3) is 5.91 Å². The number of ether oxygens (including phenoxy) is 1. The third kappa shape index (κ3) is 3.67. The van der Waals surface area contributed by atoms with E-state index >= 15 is 0 Å². The molecule has 0 aromatic carbocycles. The maximum atomic E-state index is 11.9. The molecule has 1 rings (SSSR count). The van der Waals surface area contributed by atoms with Crippen molar-refractivity contribution in [2.45, 2.75) is 19.9 Å². The normalized spacial score (nSPS) is 12.2. The minimum absolute atomic E-state index is 0.165. The minimum atomic E-state index is -0.286. The van der Waals surface area contributed by atoms with E-state index in [1.54, 1.807) is 18.6 Å². The Kier molecular flexibility index (Phi) is 4.89. The van der Waals surface area contributed by atoms with Crippen LogP contribution >= 0.6 is 23.6 Å². The molecule has 0 aliphatic rings. The SMILES string of the molecule is COc1csc(C(=O)NC(C(N)=S)C(C)C)c1. The van der Waals surface area contributed by atoms with E-state index in [0.29, 0.717) is 15.6 Å². The van der Waals surface area contributed by atoms with E-state index in [1.165, 1.54) is 11.3 Å². The van der Waals surface area contributed by atoms with Gasteiger partial charge >= 0.3 is 0 Å². The van der Waals surface area contributed by atoms with E-state index < -0.39 is 0 Å². The van der Waals surface area contributed by atoms with E-state index in [0.717, 1.165) is 0 Å². The van der Waals surface area contributed by atoms with Gasteiger partial charge in [-0.15, -0.1) is 11.3 Å². The van der Waals surface area contributed by atoms with Crippen molar-refractivity contribution in [1.29, 1.82) is 0 Å². The molecule has 0 fully saturated rings. The fourth-order valence-corrected chi connectivity index (χ4v) is 2.41. The first-order chi connectivity index (χ1) is 7.95.